The van der Waals surface area contributed by atoms with Crippen molar-refractivity contribution in [1.82, 2.24) is 4.57 Å². The quantitative estimate of drug-likeness (QED) is 0.801. The highest BCUT2D eigenvalue weighted by Crippen LogP contribution is 2.33. The summed E-state index contributed by atoms with van der Waals surface area (Å²) in [5.74, 6) is -0.378. The average Bonchev–Trinajstić information content (AvgIpc) is 2.69. The van der Waals surface area contributed by atoms with Gasteiger partial charge in [-0.05, 0) is 46.6 Å². The van der Waals surface area contributed by atoms with Crippen LogP contribution in [-0.2, 0) is 15.0 Å². The molecule has 2 atom stereocenters. The van der Waals surface area contributed by atoms with E-state index in [4.69, 9.17) is 9.47 Å². The van der Waals surface area contributed by atoms with Gasteiger partial charge >= 0.3 is 5.97 Å². The van der Waals surface area contributed by atoms with E-state index in [0.717, 1.165) is 6.42 Å². The summed E-state index contributed by atoms with van der Waals surface area (Å²) in [5.41, 5.74) is 1.26. The van der Waals surface area contributed by atoms with Gasteiger partial charge < -0.3 is 14.0 Å². The van der Waals surface area contributed by atoms with E-state index in [-0.39, 0.29) is 17.6 Å². The monoisotopic (exact) mass is 293 g/mol. The van der Waals surface area contributed by atoms with E-state index < -0.39 is 5.54 Å². The van der Waals surface area contributed by atoms with Crippen LogP contribution in [0.15, 0.2) is 10.9 Å². The predicted molar refractivity (Wildman–Crippen MR) is 79.8 cm³/mol. The van der Waals surface area contributed by atoms with Gasteiger partial charge in [0.25, 0.3) is 5.56 Å². The summed E-state index contributed by atoms with van der Waals surface area (Å²) < 4.78 is 12.5. The van der Waals surface area contributed by atoms with Crippen molar-refractivity contribution in [2.45, 2.75) is 52.7 Å². The first-order chi connectivity index (χ1) is 9.82. The van der Waals surface area contributed by atoms with Crippen LogP contribution in [0.5, 0.6) is 0 Å². The fourth-order valence-corrected chi connectivity index (χ4v) is 3.15. The van der Waals surface area contributed by atoms with Crippen molar-refractivity contribution in [2.75, 3.05) is 13.2 Å². The van der Waals surface area contributed by atoms with Gasteiger partial charge in [-0.2, -0.15) is 0 Å². The van der Waals surface area contributed by atoms with Crippen molar-refractivity contribution in [3.63, 3.8) is 0 Å². The lowest BCUT2D eigenvalue weighted by Crippen LogP contribution is -2.45. The molecule has 1 aromatic heterocycles. The third-order valence-electron chi connectivity index (χ3n) is 4.49. The van der Waals surface area contributed by atoms with Gasteiger partial charge in [0.1, 0.15) is 0 Å². The van der Waals surface area contributed by atoms with Gasteiger partial charge in [-0.1, -0.05) is 0 Å². The smallest absolute Gasteiger partial charge is 0.340 e. The Hall–Kier alpha value is -1.62. The van der Waals surface area contributed by atoms with E-state index in [1.165, 1.54) is 6.07 Å². The molecule has 21 heavy (non-hydrogen) atoms. The maximum Gasteiger partial charge on any atom is 0.340 e. The largest absolute Gasteiger partial charge is 0.462 e. The Bertz CT molecular complexity index is 619. The van der Waals surface area contributed by atoms with Crippen LogP contribution >= 0.6 is 0 Å². The van der Waals surface area contributed by atoms with Crippen LogP contribution in [0.2, 0.25) is 0 Å². The van der Waals surface area contributed by atoms with Gasteiger partial charge in [-0.3, -0.25) is 4.79 Å². The van der Waals surface area contributed by atoms with Crippen molar-refractivity contribution in [3.05, 3.63) is 33.2 Å². The minimum atomic E-state index is -0.434. The van der Waals surface area contributed by atoms with E-state index in [1.54, 1.807) is 25.3 Å². The first kappa shape index (κ1) is 15.8. The molecule has 0 amide bonds. The normalized spacial score (nSPS) is 25.1. The molecule has 0 aromatic carbocycles. The molecule has 2 unspecified atom stereocenters. The zero-order valence-electron chi connectivity index (χ0n) is 13.4. The van der Waals surface area contributed by atoms with Crippen molar-refractivity contribution in [1.29, 1.82) is 0 Å². The molecule has 0 bridgehead atoms. The molecule has 116 valence electrons. The number of hydrogen-bond donors (Lipinski definition) is 0. The third kappa shape index (κ3) is 2.50. The van der Waals surface area contributed by atoms with E-state index in [0.29, 0.717) is 30.0 Å². The second kappa shape index (κ2) is 5.64. The van der Waals surface area contributed by atoms with Crippen LogP contribution in [0, 0.1) is 13.8 Å². The predicted octanol–water partition coefficient (Wildman–Crippen LogP) is 2.17. The standard InChI is InChI=1S/C16H23NO4/c1-6-20-15(19)14-10(2)9-13(18)17(11(14)3)16(5)7-8-21-12(16)4/h9,12H,6-8H2,1-5H3. The number of ether oxygens (including phenoxy) is 2. The average molecular weight is 293 g/mol. The lowest BCUT2D eigenvalue weighted by Gasteiger charge is -2.33. The maximum atomic E-state index is 12.5. The minimum absolute atomic E-state index is 0.0772. The van der Waals surface area contributed by atoms with Crippen LogP contribution in [-0.4, -0.2) is 29.9 Å². The zero-order chi connectivity index (χ0) is 15.8. The molecule has 1 fully saturated rings. The minimum Gasteiger partial charge on any atom is -0.462 e. The number of esters is 1. The second-order valence-electron chi connectivity index (χ2n) is 5.80. The summed E-state index contributed by atoms with van der Waals surface area (Å²) in [7, 11) is 0. The second-order valence-corrected chi connectivity index (χ2v) is 5.80. The zero-order valence-corrected chi connectivity index (χ0v) is 13.4. The lowest BCUT2D eigenvalue weighted by atomic mass is 9.92. The van der Waals surface area contributed by atoms with Gasteiger partial charge in [0.15, 0.2) is 0 Å². The van der Waals surface area contributed by atoms with Crippen molar-refractivity contribution in [3.8, 4) is 0 Å². The number of aromatic nitrogens is 1. The molecule has 1 aliphatic rings. The number of nitrogens with zero attached hydrogens (tertiary/aromatic N) is 1. The molecule has 5 nitrogen and oxygen atoms in total. The van der Waals surface area contributed by atoms with E-state index in [9.17, 15) is 9.59 Å². The number of hydrogen-bond acceptors (Lipinski definition) is 4. The van der Waals surface area contributed by atoms with Crippen LogP contribution < -0.4 is 5.56 Å². The summed E-state index contributed by atoms with van der Waals surface area (Å²) in [4.78, 5) is 24.7. The SMILES string of the molecule is CCOC(=O)c1c(C)cc(=O)n(C2(C)CCOC2C)c1C. The van der Waals surface area contributed by atoms with Crippen molar-refractivity contribution < 1.29 is 14.3 Å². The van der Waals surface area contributed by atoms with Gasteiger partial charge in [0.2, 0.25) is 0 Å². The molecule has 0 aliphatic carbocycles. The Kier molecular flexibility index (Phi) is 4.23. The number of rotatable bonds is 3. The molecule has 0 radical (unpaired) electrons. The van der Waals surface area contributed by atoms with Gasteiger partial charge in [-0.25, -0.2) is 4.79 Å². The van der Waals surface area contributed by atoms with Gasteiger partial charge in [0.05, 0.1) is 23.8 Å². The van der Waals surface area contributed by atoms with Crippen molar-refractivity contribution >= 4 is 5.97 Å². The number of carbonyl (C=O) groups is 1. The first-order valence-corrected chi connectivity index (χ1v) is 7.35. The molecule has 2 heterocycles. The van der Waals surface area contributed by atoms with Crippen molar-refractivity contribution in [2.24, 2.45) is 0 Å². The Morgan fingerprint density at radius 2 is 2.19 bits per heavy atom. The molecule has 1 saturated heterocycles. The number of pyridine rings is 1. The summed E-state index contributed by atoms with van der Waals surface area (Å²) in [5, 5.41) is 0. The topological polar surface area (TPSA) is 57.5 Å². The summed E-state index contributed by atoms with van der Waals surface area (Å²) in [6, 6.07) is 1.51. The molecule has 0 spiro atoms. The highest BCUT2D eigenvalue weighted by atomic mass is 16.5. The molecule has 1 aliphatic heterocycles. The fraction of sp³-hybridized carbons (Fsp3) is 0.625. The highest BCUT2D eigenvalue weighted by molar-refractivity contribution is 5.92. The fourth-order valence-electron chi connectivity index (χ4n) is 3.15. The summed E-state index contributed by atoms with van der Waals surface area (Å²) >= 11 is 0. The Balaban J connectivity index is 2.65. The lowest BCUT2D eigenvalue weighted by molar-refractivity contribution is 0.0517. The Morgan fingerprint density at radius 3 is 2.71 bits per heavy atom. The van der Waals surface area contributed by atoms with Gasteiger partial charge in [0, 0.05) is 18.4 Å². The molecular weight excluding hydrogens is 270 g/mol. The Morgan fingerprint density at radius 1 is 1.52 bits per heavy atom. The third-order valence-corrected chi connectivity index (χ3v) is 4.49. The molecule has 1 aromatic rings. The number of carbonyl (C=O) groups excluding carboxylic acids is 1. The molecule has 5 heteroatoms. The van der Waals surface area contributed by atoms with Crippen LogP contribution in [0.3, 0.4) is 0 Å². The first-order valence-electron chi connectivity index (χ1n) is 7.35. The highest BCUT2D eigenvalue weighted by Gasteiger charge is 2.41. The Labute approximate surface area is 124 Å². The van der Waals surface area contributed by atoms with Crippen LogP contribution in [0.25, 0.3) is 0 Å². The van der Waals surface area contributed by atoms with Crippen LogP contribution in [0.4, 0.5) is 0 Å². The summed E-state index contributed by atoms with van der Waals surface area (Å²) in [6.45, 7) is 10.2. The molecular formula is C16H23NO4. The van der Waals surface area contributed by atoms with Crippen LogP contribution in [0.1, 0.15) is 48.8 Å². The van der Waals surface area contributed by atoms with E-state index in [1.807, 2.05) is 13.8 Å². The molecule has 0 N–H and O–H groups in total. The summed E-state index contributed by atoms with van der Waals surface area (Å²) in [6.07, 6.45) is 0.673. The molecule has 2 rings (SSSR count). The van der Waals surface area contributed by atoms with E-state index >= 15 is 0 Å². The number of aryl methyl sites for hydroxylation is 1. The maximum absolute atomic E-state index is 12.5. The van der Waals surface area contributed by atoms with E-state index in [2.05, 4.69) is 0 Å². The molecule has 0 saturated carbocycles. The van der Waals surface area contributed by atoms with Gasteiger partial charge in [-0.15, -0.1) is 0 Å².